The highest BCUT2D eigenvalue weighted by atomic mass is 16.1. The van der Waals surface area contributed by atoms with E-state index in [1.807, 2.05) is 0 Å². The van der Waals surface area contributed by atoms with Crippen LogP contribution in [0.15, 0.2) is 24.3 Å². The van der Waals surface area contributed by atoms with Crippen LogP contribution in [0.1, 0.15) is 15.9 Å². The third kappa shape index (κ3) is 1.10. The van der Waals surface area contributed by atoms with Gasteiger partial charge in [-0.2, -0.15) is 0 Å². The van der Waals surface area contributed by atoms with Gasteiger partial charge in [-0.3, -0.25) is 9.59 Å². The molecule has 0 aliphatic carbocycles. The van der Waals surface area contributed by atoms with Crippen molar-refractivity contribution in [2.24, 2.45) is 0 Å². The van der Waals surface area contributed by atoms with Crippen molar-refractivity contribution >= 4 is 12.6 Å². The monoisotopic (exact) mass is 133 g/mol. The molecule has 0 saturated heterocycles. The lowest BCUT2D eigenvalue weighted by Gasteiger charge is -1.90. The van der Waals surface area contributed by atoms with Gasteiger partial charge < -0.3 is 0 Å². The Balaban J connectivity index is 3.20. The number of hydrogen-bond acceptors (Lipinski definition) is 2. The first-order valence-electron chi connectivity index (χ1n) is 2.81. The highest BCUT2D eigenvalue weighted by molar-refractivity contribution is 5.90. The number of carbonyl (C=O) groups is 1. The highest BCUT2D eigenvalue weighted by Crippen LogP contribution is 2.01. The second kappa shape index (κ2) is 2.92. The van der Waals surface area contributed by atoms with E-state index >= 15 is 0 Å². The van der Waals surface area contributed by atoms with E-state index in [9.17, 15) is 9.59 Å². The molecule has 0 aromatic heterocycles. The van der Waals surface area contributed by atoms with Gasteiger partial charge in [0, 0.05) is 11.1 Å². The Morgan fingerprint density at radius 3 is 2.50 bits per heavy atom. The van der Waals surface area contributed by atoms with E-state index < -0.39 is 0 Å². The Bertz CT molecular complexity index is 226. The molecule has 0 bridgehead atoms. The zero-order valence-corrected chi connectivity index (χ0v) is 5.20. The molecule has 1 aromatic rings. The standard InChI is InChI=1S/C8H5O2/c9-5-7-3-1-2-4-8(7)6-10/h1-5H. The van der Waals surface area contributed by atoms with Gasteiger partial charge in [0.1, 0.15) is 0 Å². The summed E-state index contributed by atoms with van der Waals surface area (Å²) in [6.45, 7) is 0. The molecule has 0 unspecified atom stereocenters. The number of carbonyl (C=O) groups excluding carboxylic acids is 2. The quantitative estimate of drug-likeness (QED) is 0.563. The van der Waals surface area contributed by atoms with Crippen molar-refractivity contribution in [1.82, 2.24) is 0 Å². The first-order chi connectivity index (χ1) is 4.88. The van der Waals surface area contributed by atoms with Crippen LogP contribution in [0.3, 0.4) is 0 Å². The van der Waals surface area contributed by atoms with Crippen molar-refractivity contribution in [2.75, 3.05) is 0 Å². The summed E-state index contributed by atoms with van der Waals surface area (Å²) in [6, 6.07) is 6.52. The van der Waals surface area contributed by atoms with Gasteiger partial charge in [0.15, 0.2) is 6.29 Å². The maximum atomic E-state index is 10.2. The molecule has 49 valence electrons. The summed E-state index contributed by atoms with van der Waals surface area (Å²) in [5.74, 6) is 0. The lowest BCUT2D eigenvalue weighted by Crippen LogP contribution is -1.88. The average molecular weight is 133 g/mol. The smallest absolute Gasteiger partial charge is 0.234 e. The van der Waals surface area contributed by atoms with Crippen molar-refractivity contribution in [3.8, 4) is 0 Å². The molecule has 0 fully saturated rings. The van der Waals surface area contributed by atoms with Crippen LogP contribution < -0.4 is 0 Å². The molecule has 1 rings (SSSR count). The second-order valence-corrected chi connectivity index (χ2v) is 1.81. The second-order valence-electron chi connectivity index (χ2n) is 1.81. The predicted molar refractivity (Wildman–Crippen MR) is 36.6 cm³/mol. The number of rotatable bonds is 2. The van der Waals surface area contributed by atoms with E-state index in [0.29, 0.717) is 17.4 Å². The fourth-order valence-corrected chi connectivity index (χ4v) is 0.693. The summed E-state index contributed by atoms with van der Waals surface area (Å²) < 4.78 is 0. The number of benzene rings is 1. The summed E-state index contributed by atoms with van der Waals surface area (Å²) in [6.07, 6.45) is 2.30. The molecule has 1 radical (unpaired) electrons. The van der Waals surface area contributed by atoms with Crippen LogP contribution >= 0.6 is 0 Å². The SMILES string of the molecule is O=[C]c1ccccc1C=O. The molecule has 10 heavy (non-hydrogen) atoms. The fourth-order valence-electron chi connectivity index (χ4n) is 0.693. The summed E-state index contributed by atoms with van der Waals surface area (Å²) >= 11 is 0. The minimum Gasteiger partial charge on any atom is -0.298 e. The minimum absolute atomic E-state index is 0.317. The van der Waals surface area contributed by atoms with Crippen LogP contribution in [-0.4, -0.2) is 12.6 Å². The van der Waals surface area contributed by atoms with Crippen molar-refractivity contribution in [1.29, 1.82) is 0 Å². The van der Waals surface area contributed by atoms with Crippen molar-refractivity contribution in [2.45, 2.75) is 0 Å². The molecule has 0 amide bonds. The molecular formula is C8H5O2. The van der Waals surface area contributed by atoms with E-state index in [1.165, 1.54) is 0 Å². The van der Waals surface area contributed by atoms with Crippen LogP contribution in [0.25, 0.3) is 0 Å². The number of hydrogen-bond donors (Lipinski definition) is 0. The van der Waals surface area contributed by atoms with Crippen LogP contribution in [0.4, 0.5) is 0 Å². The predicted octanol–water partition coefficient (Wildman–Crippen LogP) is 0.957. The van der Waals surface area contributed by atoms with Crippen molar-refractivity contribution < 1.29 is 9.59 Å². The fraction of sp³-hybridized carbons (Fsp3) is 0. The molecule has 0 saturated carbocycles. The van der Waals surface area contributed by atoms with Crippen molar-refractivity contribution in [3.63, 3.8) is 0 Å². The Kier molecular flexibility index (Phi) is 1.95. The van der Waals surface area contributed by atoms with E-state index in [4.69, 9.17) is 0 Å². The van der Waals surface area contributed by atoms with Gasteiger partial charge in [0.2, 0.25) is 6.29 Å². The first-order valence-corrected chi connectivity index (χ1v) is 2.81. The van der Waals surface area contributed by atoms with Gasteiger partial charge in [-0.15, -0.1) is 0 Å². The van der Waals surface area contributed by atoms with Crippen molar-refractivity contribution in [3.05, 3.63) is 35.4 Å². The third-order valence-electron chi connectivity index (χ3n) is 1.20. The van der Waals surface area contributed by atoms with Crippen LogP contribution in [-0.2, 0) is 4.79 Å². The molecular weight excluding hydrogens is 128 g/mol. The zero-order valence-electron chi connectivity index (χ0n) is 5.20. The van der Waals surface area contributed by atoms with Crippen LogP contribution in [0, 0.1) is 0 Å². The average Bonchev–Trinajstić information content (AvgIpc) is 2.04. The molecule has 0 aliphatic rings. The maximum absolute atomic E-state index is 10.2. The first kappa shape index (κ1) is 6.68. The molecule has 0 N–H and O–H groups in total. The Labute approximate surface area is 58.5 Å². The molecule has 1 aromatic carbocycles. The van der Waals surface area contributed by atoms with E-state index in [0.717, 1.165) is 0 Å². The van der Waals surface area contributed by atoms with Gasteiger partial charge in [-0.1, -0.05) is 24.3 Å². The topological polar surface area (TPSA) is 34.1 Å². The Morgan fingerprint density at radius 1 is 1.30 bits per heavy atom. The molecule has 0 atom stereocenters. The molecule has 2 heteroatoms. The lowest BCUT2D eigenvalue weighted by atomic mass is 10.1. The van der Waals surface area contributed by atoms with Gasteiger partial charge in [0.05, 0.1) is 0 Å². The Morgan fingerprint density at radius 2 is 2.00 bits per heavy atom. The summed E-state index contributed by atoms with van der Waals surface area (Å²) in [4.78, 5) is 20.3. The lowest BCUT2D eigenvalue weighted by molar-refractivity contribution is 0.112. The molecule has 0 aliphatic heterocycles. The maximum Gasteiger partial charge on any atom is 0.234 e. The van der Waals surface area contributed by atoms with Gasteiger partial charge in [-0.05, 0) is 0 Å². The van der Waals surface area contributed by atoms with Gasteiger partial charge in [-0.25, -0.2) is 0 Å². The van der Waals surface area contributed by atoms with E-state index in [2.05, 4.69) is 0 Å². The van der Waals surface area contributed by atoms with E-state index in [-0.39, 0.29) is 0 Å². The molecule has 2 nitrogen and oxygen atoms in total. The van der Waals surface area contributed by atoms with Crippen LogP contribution in [0.5, 0.6) is 0 Å². The largest absolute Gasteiger partial charge is 0.298 e. The van der Waals surface area contributed by atoms with E-state index in [1.54, 1.807) is 30.6 Å². The summed E-state index contributed by atoms with van der Waals surface area (Å²) in [5.41, 5.74) is 0.704. The van der Waals surface area contributed by atoms with Crippen LogP contribution in [0.2, 0.25) is 0 Å². The highest BCUT2D eigenvalue weighted by Gasteiger charge is 1.96. The minimum atomic E-state index is 0.317. The zero-order chi connectivity index (χ0) is 7.40. The van der Waals surface area contributed by atoms with Gasteiger partial charge in [0.25, 0.3) is 0 Å². The summed E-state index contributed by atoms with van der Waals surface area (Å²) in [5, 5.41) is 0. The molecule has 0 spiro atoms. The Hall–Kier alpha value is -1.44. The normalized spacial score (nSPS) is 8.80. The molecule has 0 heterocycles. The number of aldehydes is 1. The third-order valence-corrected chi connectivity index (χ3v) is 1.20. The van der Waals surface area contributed by atoms with Gasteiger partial charge >= 0.3 is 0 Å². The summed E-state index contributed by atoms with van der Waals surface area (Å²) in [7, 11) is 0.